The smallest absolute Gasteiger partial charge is 0.226 e. The Morgan fingerprint density at radius 1 is 1.59 bits per heavy atom. The van der Waals surface area contributed by atoms with E-state index in [0.717, 1.165) is 32.1 Å². The number of rotatable bonds is 4. The molecule has 1 aliphatic heterocycles. The molecule has 2 rings (SSSR count). The number of hydrogen-bond donors (Lipinski definition) is 2. The van der Waals surface area contributed by atoms with E-state index in [2.05, 4.69) is 20.6 Å². The second-order valence-corrected chi connectivity index (χ2v) is 4.21. The summed E-state index contributed by atoms with van der Waals surface area (Å²) in [6.07, 6.45) is 1.96. The van der Waals surface area contributed by atoms with Gasteiger partial charge in [-0.1, -0.05) is 0 Å². The van der Waals surface area contributed by atoms with Gasteiger partial charge in [-0.15, -0.1) is 0 Å². The highest BCUT2D eigenvalue weighted by atomic mass is 16.5. The van der Waals surface area contributed by atoms with Gasteiger partial charge in [0, 0.05) is 39.9 Å². The summed E-state index contributed by atoms with van der Waals surface area (Å²) in [4.78, 5) is 10.4. The summed E-state index contributed by atoms with van der Waals surface area (Å²) in [5.41, 5.74) is 0. The van der Waals surface area contributed by atoms with Crippen molar-refractivity contribution in [2.45, 2.75) is 6.10 Å². The summed E-state index contributed by atoms with van der Waals surface area (Å²) >= 11 is 0. The SMILES string of the molecule is CN(C)c1nccc(NCC2CNCCO2)n1. The van der Waals surface area contributed by atoms with Gasteiger partial charge < -0.3 is 20.3 Å². The number of aromatic nitrogens is 2. The molecule has 2 N–H and O–H groups in total. The minimum absolute atomic E-state index is 0.210. The van der Waals surface area contributed by atoms with Crippen molar-refractivity contribution in [1.82, 2.24) is 15.3 Å². The fourth-order valence-electron chi connectivity index (χ4n) is 1.63. The maximum Gasteiger partial charge on any atom is 0.226 e. The van der Waals surface area contributed by atoms with Gasteiger partial charge in [0.1, 0.15) is 5.82 Å². The molecule has 1 saturated heterocycles. The Kier molecular flexibility index (Phi) is 4.11. The second-order valence-electron chi connectivity index (χ2n) is 4.21. The molecular weight excluding hydrogens is 218 g/mol. The second kappa shape index (κ2) is 5.79. The average Bonchev–Trinajstić information content (AvgIpc) is 2.38. The summed E-state index contributed by atoms with van der Waals surface area (Å²) in [5.74, 6) is 1.54. The molecule has 17 heavy (non-hydrogen) atoms. The van der Waals surface area contributed by atoms with E-state index < -0.39 is 0 Å². The molecule has 1 aromatic heterocycles. The van der Waals surface area contributed by atoms with Gasteiger partial charge in [-0.25, -0.2) is 4.98 Å². The van der Waals surface area contributed by atoms with Gasteiger partial charge in [0.2, 0.25) is 5.95 Å². The number of ether oxygens (including phenoxy) is 1. The van der Waals surface area contributed by atoms with E-state index in [1.54, 1.807) is 6.20 Å². The molecule has 0 aliphatic carbocycles. The normalized spacial score (nSPS) is 20.0. The average molecular weight is 237 g/mol. The summed E-state index contributed by atoms with van der Waals surface area (Å²) in [7, 11) is 3.85. The van der Waals surface area contributed by atoms with Crippen LogP contribution in [0.25, 0.3) is 0 Å². The zero-order valence-electron chi connectivity index (χ0n) is 10.3. The molecule has 0 aromatic carbocycles. The number of nitrogens with one attached hydrogen (secondary N) is 2. The molecule has 1 aliphatic rings. The van der Waals surface area contributed by atoms with Gasteiger partial charge in [0.15, 0.2) is 0 Å². The maximum atomic E-state index is 5.60. The minimum atomic E-state index is 0.210. The topological polar surface area (TPSA) is 62.3 Å². The van der Waals surface area contributed by atoms with Crippen molar-refractivity contribution in [3.05, 3.63) is 12.3 Å². The van der Waals surface area contributed by atoms with Crippen LogP contribution in [0.2, 0.25) is 0 Å². The number of hydrogen-bond acceptors (Lipinski definition) is 6. The van der Waals surface area contributed by atoms with Crippen LogP contribution in [0, 0.1) is 0 Å². The Morgan fingerprint density at radius 3 is 3.18 bits per heavy atom. The van der Waals surface area contributed by atoms with Crippen molar-refractivity contribution in [3.8, 4) is 0 Å². The van der Waals surface area contributed by atoms with Crippen LogP contribution in [0.3, 0.4) is 0 Å². The van der Waals surface area contributed by atoms with Crippen molar-refractivity contribution in [3.63, 3.8) is 0 Å². The quantitative estimate of drug-likeness (QED) is 0.765. The van der Waals surface area contributed by atoms with Crippen molar-refractivity contribution < 1.29 is 4.74 Å². The first kappa shape index (κ1) is 12.1. The third-order valence-corrected chi connectivity index (χ3v) is 2.56. The monoisotopic (exact) mass is 237 g/mol. The summed E-state index contributed by atoms with van der Waals surface area (Å²) in [6, 6.07) is 1.86. The molecule has 6 heteroatoms. The fourth-order valence-corrected chi connectivity index (χ4v) is 1.63. The van der Waals surface area contributed by atoms with E-state index in [4.69, 9.17) is 4.74 Å². The van der Waals surface area contributed by atoms with Crippen LogP contribution >= 0.6 is 0 Å². The lowest BCUT2D eigenvalue weighted by molar-refractivity contribution is 0.0372. The van der Waals surface area contributed by atoms with E-state index in [1.165, 1.54) is 0 Å². The number of morpholine rings is 1. The molecule has 0 amide bonds. The highest BCUT2D eigenvalue weighted by molar-refractivity contribution is 5.40. The van der Waals surface area contributed by atoms with E-state index in [0.29, 0.717) is 5.95 Å². The summed E-state index contributed by atoms with van der Waals surface area (Å²) < 4.78 is 5.60. The Balaban J connectivity index is 1.87. The van der Waals surface area contributed by atoms with Gasteiger partial charge in [-0.3, -0.25) is 0 Å². The molecule has 2 heterocycles. The predicted octanol–water partition coefficient (Wildman–Crippen LogP) is -0.0571. The zero-order valence-corrected chi connectivity index (χ0v) is 10.3. The van der Waals surface area contributed by atoms with Crippen LogP contribution in [-0.4, -0.2) is 56.4 Å². The van der Waals surface area contributed by atoms with Crippen LogP contribution < -0.4 is 15.5 Å². The molecule has 1 unspecified atom stereocenters. The van der Waals surface area contributed by atoms with Gasteiger partial charge in [-0.05, 0) is 6.07 Å². The van der Waals surface area contributed by atoms with Crippen LogP contribution in [0.1, 0.15) is 0 Å². The molecule has 0 radical (unpaired) electrons. The number of nitrogens with zero attached hydrogens (tertiary/aromatic N) is 3. The Hall–Kier alpha value is -1.40. The minimum Gasteiger partial charge on any atom is -0.374 e. The van der Waals surface area contributed by atoms with Crippen molar-refractivity contribution in [2.75, 3.05) is 50.6 Å². The van der Waals surface area contributed by atoms with E-state index in [9.17, 15) is 0 Å². The van der Waals surface area contributed by atoms with Gasteiger partial charge in [-0.2, -0.15) is 4.98 Å². The summed E-state index contributed by atoms with van der Waals surface area (Å²) in [5, 5.41) is 6.56. The Morgan fingerprint density at radius 2 is 2.47 bits per heavy atom. The Bertz CT molecular complexity index is 351. The van der Waals surface area contributed by atoms with Crippen LogP contribution in [-0.2, 0) is 4.74 Å². The van der Waals surface area contributed by atoms with E-state index in [-0.39, 0.29) is 6.10 Å². The highest BCUT2D eigenvalue weighted by Gasteiger charge is 2.13. The molecular formula is C11H19N5O. The van der Waals surface area contributed by atoms with Crippen LogP contribution in [0.4, 0.5) is 11.8 Å². The lowest BCUT2D eigenvalue weighted by atomic mass is 10.3. The van der Waals surface area contributed by atoms with Crippen molar-refractivity contribution in [1.29, 1.82) is 0 Å². The van der Waals surface area contributed by atoms with Gasteiger partial charge in [0.05, 0.1) is 12.7 Å². The van der Waals surface area contributed by atoms with Crippen molar-refractivity contribution >= 4 is 11.8 Å². The van der Waals surface area contributed by atoms with E-state index >= 15 is 0 Å². The lowest BCUT2D eigenvalue weighted by Gasteiger charge is -2.24. The first-order valence-electron chi connectivity index (χ1n) is 5.82. The van der Waals surface area contributed by atoms with Crippen molar-refractivity contribution in [2.24, 2.45) is 0 Å². The standard InChI is InChI=1S/C11H19N5O/c1-16(2)11-13-4-3-10(15-11)14-8-9-7-12-5-6-17-9/h3-4,9,12H,5-8H2,1-2H3,(H,13,14,15). The largest absolute Gasteiger partial charge is 0.374 e. The molecule has 6 nitrogen and oxygen atoms in total. The third kappa shape index (κ3) is 3.54. The molecule has 0 spiro atoms. The van der Waals surface area contributed by atoms with Crippen LogP contribution in [0.15, 0.2) is 12.3 Å². The third-order valence-electron chi connectivity index (χ3n) is 2.56. The Labute approximate surface area is 101 Å². The summed E-state index contributed by atoms with van der Waals surface area (Å²) in [6.45, 7) is 3.36. The van der Waals surface area contributed by atoms with Gasteiger partial charge >= 0.3 is 0 Å². The first-order valence-corrected chi connectivity index (χ1v) is 5.82. The first-order chi connectivity index (χ1) is 8.25. The molecule has 0 saturated carbocycles. The molecule has 94 valence electrons. The lowest BCUT2D eigenvalue weighted by Crippen LogP contribution is -2.42. The predicted molar refractivity (Wildman–Crippen MR) is 67.5 cm³/mol. The zero-order chi connectivity index (χ0) is 12.1. The highest BCUT2D eigenvalue weighted by Crippen LogP contribution is 2.08. The molecule has 1 atom stereocenters. The fraction of sp³-hybridized carbons (Fsp3) is 0.636. The van der Waals surface area contributed by atoms with E-state index in [1.807, 2.05) is 25.1 Å². The molecule has 0 bridgehead atoms. The molecule has 1 aromatic rings. The molecule has 1 fully saturated rings. The maximum absolute atomic E-state index is 5.60. The van der Waals surface area contributed by atoms with Crippen LogP contribution in [0.5, 0.6) is 0 Å². The number of anilines is 2. The van der Waals surface area contributed by atoms with Gasteiger partial charge in [0.25, 0.3) is 0 Å².